The fourth-order valence-electron chi connectivity index (χ4n) is 8.30. The molecule has 0 radical (unpaired) electrons. The van der Waals surface area contributed by atoms with Crippen LogP contribution in [-0.4, -0.2) is 19.9 Å². The van der Waals surface area contributed by atoms with E-state index in [4.69, 9.17) is 18.8 Å². The van der Waals surface area contributed by atoms with Crippen molar-refractivity contribution >= 4 is 43.1 Å². The van der Waals surface area contributed by atoms with Gasteiger partial charge in [-0.1, -0.05) is 103 Å². The third-order valence-electron chi connectivity index (χ3n) is 10.5. The smallest absolute Gasteiger partial charge is 0.192 e. The van der Waals surface area contributed by atoms with Crippen LogP contribution < -0.4 is 0 Å². The highest BCUT2D eigenvalue weighted by Gasteiger charge is 2.23. The summed E-state index contributed by atoms with van der Waals surface area (Å²) in [7, 11) is 0. The molecule has 0 atom stereocenters. The van der Waals surface area contributed by atoms with E-state index in [9.17, 15) is 0 Å². The Morgan fingerprint density at radius 2 is 0.722 bits per heavy atom. The predicted octanol–water partition coefficient (Wildman–Crippen LogP) is 12.6. The molecule has 0 N–H and O–H groups in total. The molecule has 6 heteroatoms. The quantitative estimate of drug-likeness (QED) is 0.167. The van der Waals surface area contributed by atoms with E-state index in [0.29, 0.717) is 17.5 Å². The van der Waals surface area contributed by atoms with Crippen molar-refractivity contribution in [1.82, 2.24) is 19.9 Å². The van der Waals surface area contributed by atoms with E-state index in [0.717, 1.165) is 61.6 Å². The Kier molecular flexibility index (Phi) is 7.27. The third kappa shape index (κ3) is 4.95. The number of hydrogen-bond donors (Lipinski definition) is 0. The summed E-state index contributed by atoms with van der Waals surface area (Å²) in [4.78, 5) is 18.9. The van der Waals surface area contributed by atoms with Crippen molar-refractivity contribution in [2.45, 2.75) is 27.7 Å². The fraction of sp³-hybridized carbons (Fsp3) is 0.0833. The summed E-state index contributed by atoms with van der Waals surface area (Å²) in [5.41, 5.74) is 10.0. The van der Waals surface area contributed by atoms with Crippen LogP contribution in [0.5, 0.6) is 0 Å². The molecule has 0 aliphatic rings. The van der Waals surface area contributed by atoms with E-state index in [-0.39, 0.29) is 0 Å². The van der Waals surface area contributed by atoms with Gasteiger partial charge in [0.05, 0.1) is 17.1 Å². The van der Waals surface area contributed by atoms with Gasteiger partial charge in [0.25, 0.3) is 0 Å². The second kappa shape index (κ2) is 12.3. The molecule has 0 spiro atoms. The SMILES string of the molecule is Cc1nc(C)c(-c2ccc(-c3c4ccccc4c(-c4c5ccccc5c(-c5ccc(-c6oc(C)nc6C)nc5)c5ccccc45)c4ccccc34)nc2)o1. The van der Waals surface area contributed by atoms with Crippen LogP contribution in [-0.2, 0) is 0 Å². The minimum absolute atomic E-state index is 0.635. The van der Waals surface area contributed by atoms with Crippen molar-refractivity contribution in [3.63, 3.8) is 0 Å². The van der Waals surface area contributed by atoms with E-state index >= 15 is 0 Å². The standard InChI is InChI=1S/C48H34N4O2/c1-27-47(53-29(3)51-27)32-22-23-41(49-26-32)44-35-15-7-11-19-39(35)46(40-20-12-8-16-36(40)44)45-37-17-9-5-13-33(37)43(34-14-6-10-18-38(34)45)31-21-24-42(50-25-31)48-28(2)52-30(4)54-48/h5-26H,1-4H3. The largest absolute Gasteiger partial charge is 0.441 e. The van der Waals surface area contributed by atoms with Crippen LogP contribution >= 0.6 is 0 Å². The fourth-order valence-corrected chi connectivity index (χ4v) is 8.30. The highest BCUT2D eigenvalue weighted by molar-refractivity contribution is 6.29. The molecule has 258 valence electrons. The molecular formula is C48H34N4O2. The first kappa shape index (κ1) is 31.8. The number of aromatic nitrogens is 4. The molecule has 10 rings (SSSR count). The van der Waals surface area contributed by atoms with Gasteiger partial charge in [0.15, 0.2) is 23.3 Å². The first-order valence-electron chi connectivity index (χ1n) is 18.1. The Hall–Kier alpha value is -6.92. The minimum atomic E-state index is 0.635. The molecule has 54 heavy (non-hydrogen) atoms. The summed E-state index contributed by atoms with van der Waals surface area (Å²) >= 11 is 0. The summed E-state index contributed by atoms with van der Waals surface area (Å²) in [6.45, 7) is 7.65. The van der Waals surface area contributed by atoms with Gasteiger partial charge in [0.1, 0.15) is 5.69 Å². The maximum atomic E-state index is 5.93. The maximum Gasteiger partial charge on any atom is 0.192 e. The Morgan fingerprint density at radius 1 is 0.352 bits per heavy atom. The molecular weight excluding hydrogens is 665 g/mol. The summed E-state index contributed by atoms with van der Waals surface area (Å²) in [5.74, 6) is 2.74. The Balaban J connectivity index is 1.23. The molecule has 0 bridgehead atoms. The monoisotopic (exact) mass is 698 g/mol. The van der Waals surface area contributed by atoms with E-state index in [1.54, 1.807) is 0 Å². The summed E-state index contributed by atoms with van der Waals surface area (Å²) in [5, 5.41) is 9.33. The lowest BCUT2D eigenvalue weighted by molar-refractivity contribution is 0.532. The molecule has 4 heterocycles. The van der Waals surface area contributed by atoms with E-state index in [2.05, 4.69) is 125 Å². The summed E-state index contributed by atoms with van der Waals surface area (Å²) in [6, 6.07) is 43.4. The van der Waals surface area contributed by atoms with E-state index < -0.39 is 0 Å². The Bertz CT molecular complexity index is 2760. The van der Waals surface area contributed by atoms with Gasteiger partial charge in [-0.25, -0.2) is 9.97 Å². The normalized spacial score (nSPS) is 11.7. The minimum Gasteiger partial charge on any atom is -0.441 e. The number of pyridine rings is 2. The molecule has 0 saturated carbocycles. The van der Waals surface area contributed by atoms with Gasteiger partial charge in [0, 0.05) is 42.9 Å². The number of nitrogens with zero attached hydrogens (tertiary/aromatic N) is 4. The second-order valence-corrected chi connectivity index (χ2v) is 13.8. The molecule has 0 aliphatic heterocycles. The lowest BCUT2D eigenvalue weighted by Crippen LogP contribution is -1.95. The molecule has 10 aromatic rings. The van der Waals surface area contributed by atoms with Crippen LogP contribution in [0, 0.1) is 27.7 Å². The zero-order valence-corrected chi connectivity index (χ0v) is 30.3. The average molecular weight is 699 g/mol. The molecule has 0 unspecified atom stereocenters. The van der Waals surface area contributed by atoms with Gasteiger partial charge in [-0.2, -0.15) is 0 Å². The molecule has 0 fully saturated rings. The Morgan fingerprint density at radius 3 is 1.11 bits per heavy atom. The van der Waals surface area contributed by atoms with Gasteiger partial charge in [0.2, 0.25) is 0 Å². The van der Waals surface area contributed by atoms with Gasteiger partial charge in [-0.05, 0) is 91.8 Å². The van der Waals surface area contributed by atoms with E-state index in [1.165, 1.54) is 43.4 Å². The number of hydrogen-bond acceptors (Lipinski definition) is 6. The van der Waals surface area contributed by atoms with Crippen LogP contribution in [0.2, 0.25) is 0 Å². The van der Waals surface area contributed by atoms with Gasteiger partial charge in [-0.15, -0.1) is 0 Å². The van der Waals surface area contributed by atoms with Crippen molar-refractivity contribution < 1.29 is 8.83 Å². The number of rotatable bonds is 5. The highest BCUT2D eigenvalue weighted by atomic mass is 16.4. The van der Waals surface area contributed by atoms with Gasteiger partial charge >= 0.3 is 0 Å². The van der Waals surface area contributed by atoms with Gasteiger partial charge in [-0.3, -0.25) is 9.97 Å². The second-order valence-electron chi connectivity index (χ2n) is 13.8. The molecule has 6 aromatic carbocycles. The topological polar surface area (TPSA) is 77.8 Å². The first-order chi connectivity index (χ1) is 26.4. The van der Waals surface area contributed by atoms with E-state index in [1.807, 2.05) is 46.2 Å². The van der Waals surface area contributed by atoms with Crippen LogP contribution in [0.1, 0.15) is 23.2 Å². The van der Waals surface area contributed by atoms with Crippen molar-refractivity contribution in [2.75, 3.05) is 0 Å². The number of aryl methyl sites for hydroxylation is 4. The van der Waals surface area contributed by atoms with Gasteiger partial charge < -0.3 is 8.83 Å². The number of oxazole rings is 2. The third-order valence-corrected chi connectivity index (χ3v) is 10.5. The first-order valence-corrected chi connectivity index (χ1v) is 18.1. The van der Waals surface area contributed by atoms with Crippen LogP contribution in [0.25, 0.3) is 99.4 Å². The molecule has 0 aliphatic carbocycles. The number of benzene rings is 6. The molecule has 0 amide bonds. The molecule has 6 nitrogen and oxygen atoms in total. The average Bonchev–Trinajstić information content (AvgIpc) is 3.74. The zero-order chi connectivity index (χ0) is 36.5. The lowest BCUT2D eigenvalue weighted by Gasteiger charge is -2.22. The van der Waals surface area contributed by atoms with Crippen LogP contribution in [0.4, 0.5) is 0 Å². The van der Waals surface area contributed by atoms with Crippen molar-refractivity contribution in [1.29, 1.82) is 0 Å². The highest BCUT2D eigenvalue weighted by Crippen LogP contribution is 2.49. The van der Waals surface area contributed by atoms with Crippen molar-refractivity contribution in [3.8, 4) is 56.3 Å². The maximum absolute atomic E-state index is 5.93. The molecule has 0 saturated heterocycles. The molecule has 4 aromatic heterocycles. The summed E-state index contributed by atoms with van der Waals surface area (Å²) in [6.07, 6.45) is 3.86. The van der Waals surface area contributed by atoms with Crippen molar-refractivity contribution in [2.24, 2.45) is 0 Å². The zero-order valence-electron chi connectivity index (χ0n) is 30.3. The number of fused-ring (bicyclic) bond motifs is 4. The van der Waals surface area contributed by atoms with Crippen LogP contribution in [0.3, 0.4) is 0 Å². The van der Waals surface area contributed by atoms with Crippen LogP contribution in [0.15, 0.2) is 143 Å². The summed E-state index contributed by atoms with van der Waals surface area (Å²) < 4.78 is 11.8. The van der Waals surface area contributed by atoms with Crippen molar-refractivity contribution in [3.05, 3.63) is 157 Å². The lowest BCUT2D eigenvalue weighted by atomic mass is 9.81. The Labute approximate surface area is 311 Å². The predicted molar refractivity (Wildman–Crippen MR) is 218 cm³/mol.